The van der Waals surface area contributed by atoms with Crippen LogP contribution in [0, 0.1) is 0 Å². The zero-order valence-corrected chi connectivity index (χ0v) is 12.1. The molecule has 0 bridgehead atoms. The van der Waals surface area contributed by atoms with Crippen LogP contribution in [0.4, 0.5) is 0 Å². The predicted molar refractivity (Wildman–Crippen MR) is 57.9 cm³/mol. The van der Waals surface area contributed by atoms with Crippen molar-refractivity contribution in [1.29, 1.82) is 0 Å². The first-order valence-corrected chi connectivity index (χ1v) is 5.01. The van der Waals surface area contributed by atoms with Crippen LogP contribution in [0.25, 0.3) is 0 Å². The van der Waals surface area contributed by atoms with Crippen molar-refractivity contribution in [1.82, 2.24) is 0 Å². The van der Waals surface area contributed by atoms with Crippen molar-refractivity contribution in [2.75, 3.05) is 13.2 Å². The Morgan fingerprint density at radius 3 is 1.24 bits per heavy atom. The van der Waals surface area contributed by atoms with Gasteiger partial charge in [0.2, 0.25) is 0 Å². The largest absolute Gasteiger partial charge is 2.00 e. The summed E-state index contributed by atoms with van der Waals surface area (Å²) >= 11 is 0. The van der Waals surface area contributed by atoms with Crippen LogP contribution in [0.5, 0.6) is 0 Å². The number of carboxylic acids is 2. The summed E-state index contributed by atoms with van der Waals surface area (Å²) in [6.07, 6.45) is -1.56. The van der Waals surface area contributed by atoms with E-state index in [-0.39, 0.29) is 23.1 Å². The molecule has 17 heavy (non-hydrogen) atoms. The number of aliphatic carboxylic acids is 2. The van der Waals surface area contributed by atoms with E-state index in [4.69, 9.17) is 0 Å². The summed E-state index contributed by atoms with van der Waals surface area (Å²) in [4.78, 5) is 19.7. The van der Waals surface area contributed by atoms with Gasteiger partial charge in [0.15, 0.2) is 0 Å². The number of rotatable bonds is 6. The van der Waals surface area contributed by atoms with Crippen molar-refractivity contribution in [2.24, 2.45) is 0 Å². The minimum Gasteiger partial charge on any atom is -0.547 e. The minimum absolute atomic E-state index is 0. The summed E-state index contributed by atoms with van der Waals surface area (Å²) in [5.41, 5.74) is 0. The molecule has 0 radical (unpaired) electrons. The van der Waals surface area contributed by atoms with Crippen LogP contribution in [-0.2, 0) is 19.1 Å². The van der Waals surface area contributed by atoms with Crippen molar-refractivity contribution in [3.05, 3.63) is 0 Å². The molecule has 0 aliphatic rings. The van der Waals surface area contributed by atoms with Gasteiger partial charge in [0.05, 0.1) is 24.1 Å². The summed E-state index contributed by atoms with van der Waals surface area (Å²) in [5, 5.41) is 19.7. The number of hydrogen-bond acceptors (Lipinski definition) is 6. The average Bonchev–Trinajstić information content (AvgIpc) is 2.19. The van der Waals surface area contributed by atoms with Crippen LogP contribution in [0.3, 0.4) is 0 Å². The summed E-state index contributed by atoms with van der Waals surface area (Å²) in [6.45, 7) is 7.18. The zero-order valence-electron chi connectivity index (χ0n) is 10.7. The third-order valence-electron chi connectivity index (χ3n) is 1.50. The molecule has 0 aliphatic heterocycles. The number of carbonyl (C=O) groups excluding carboxylic acids is 2. The van der Waals surface area contributed by atoms with Gasteiger partial charge in [0.25, 0.3) is 0 Å². The number of carboxylic acid groups (broad SMARTS) is 2. The van der Waals surface area contributed by atoms with E-state index in [2.05, 4.69) is 9.47 Å². The van der Waals surface area contributed by atoms with Crippen molar-refractivity contribution in [3.63, 3.8) is 0 Å². The van der Waals surface area contributed by atoms with E-state index in [1.54, 1.807) is 13.8 Å². The van der Waals surface area contributed by atoms with E-state index in [9.17, 15) is 19.8 Å². The van der Waals surface area contributed by atoms with Crippen LogP contribution in [0.15, 0.2) is 0 Å². The maximum atomic E-state index is 9.85. The molecule has 0 aliphatic carbocycles. The van der Waals surface area contributed by atoms with Crippen LogP contribution in [0.2, 0.25) is 0 Å². The fraction of sp³-hybridized carbons (Fsp3) is 0.800. The summed E-state index contributed by atoms with van der Waals surface area (Å²) < 4.78 is 9.28. The molecule has 0 unspecified atom stereocenters. The zero-order chi connectivity index (χ0) is 13.1. The van der Waals surface area contributed by atoms with Crippen LogP contribution in [-0.4, -0.2) is 60.4 Å². The second-order valence-corrected chi connectivity index (χ2v) is 2.83. The molecule has 6 nitrogen and oxygen atoms in total. The first-order valence-electron chi connectivity index (χ1n) is 5.01. The van der Waals surface area contributed by atoms with Gasteiger partial charge in [0.1, 0.15) is 0 Å². The standard InChI is InChI=1S/2C5H10O3.Mg/c2*1-3-8-4(2)5(6)7;/h2*4H,3H2,1-2H3,(H,6,7);/q;;+2/p-2/t2*4-;/m00./s1. The van der Waals surface area contributed by atoms with Gasteiger partial charge in [-0.3, -0.25) is 0 Å². The molecule has 0 spiro atoms. The smallest absolute Gasteiger partial charge is 0.547 e. The van der Waals surface area contributed by atoms with Crippen molar-refractivity contribution >= 4 is 35.0 Å². The Hall–Kier alpha value is -0.374. The van der Waals surface area contributed by atoms with Gasteiger partial charge in [-0.25, -0.2) is 0 Å². The monoisotopic (exact) mass is 258 g/mol. The van der Waals surface area contributed by atoms with Crippen molar-refractivity contribution in [3.8, 4) is 0 Å². The predicted octanol–water partition coefficient (Wildman–Crippen LogP) is -2.06. The quantitative estimate of drug-likeness (QED) is 0.508. The van der Waals surface area contributed by atoms with E-state index in [1.807, 2.05) is 0 Å². The molecule has 0 heterocycles. The molecule has 96 valence electrons. The van der Waals surface area contributed by atoms with E-state index < -0.39 is 24.1 Å². The minimum atomic E-state index is -1.16. The third-order valence-corrected chi connectivity index (χ3v) is 1.50. The van der Waals surface area contributed by atoms with Crippen molar-refractivity contribution in [2.45, 2.75) is 39.9 Å². The molecule has 2 atom stereocenters. The maximum absolute atomic E-state index is 9.85. The molecule has 0 aromatic rings. The first kappa shape index (κ1) is 21.9. The molecule has 0 N–H and O–H groups in total. The van der Waals surface area contributed by atoms with E-state index in [0.29, 0.717) is 13.2 Å². The Balaban J connectivity index is -0.000000218. The SMILES string of the molecule is CCO[C@@H](C)C(=O)[O-].CCO[C@@H](C)C(=O)[O-].[Mg+2]. The molecule has 0 saturated carbocycles. The van der Waals surface area contributed by atoms with Crippen LogP contribution >= 0.6 is 0 Å². The molecule has 7 heteroatoms. The second-order valence-electron chi connectivity index (χ2n) is 2.83. The van der Waals surface area contributed by atoms with E-state index in [0.717, 1.165) is 0 Å². The Morgan fingerprint density at radius 2 is 1.18 bits per heavy atom. The molecule has 0 fully saturated rings. The van der Waals surface area contributed by atoms with Gasteiger partial charge < -0.3 is 29.3 Å². The Kier molecular flexibility index (Phi) is 17.6. The van der Waals surface area contributed by atoms with Crippen LogP contribution < -0.4 is 10.2 Å². The van der Waals surface area contributed by atoms with Gasteiger partial charge in [-0.15, -0.1) is 0 Å². The fourth-order valence-corrected chi connectivity index (χ4v) is 0.636. The second kappa shape index (κ2) is 13.7. The van der Waals surface area contributed by atoms with Gasteiger partial charge in [-0.05, 0) is 27.7 Å². The molecule has 0 aromatic heterocycles. The number of carbonyl (C=O) groups is 2. The molecular weight excluding hydrogens is 240 g/mol. The first-order chi connectivity index (χ1) is 7.36. The van der Waals surface area contributed by atoms with E-state index >= 15 is 0 Å². The topological polar surface area (TPSA) is 98.7 Å². The average molecular weight is 259 g/mol. The Labute approximate surface area is 117 Å². The molecule has 0 aromatic carbocycles. The molecular formula is C10H18MgO6. The summed E-state index contributed by atoms with van der Waals surface area (Å²) in [6, 6.07) is 0. The van der Waals surface area contributed by atoms with Crippen LogP contribution in [0.1, 0.15) is 27.7 Å². The van der Waals surface area contributed by atoms with Gasteiger partial charge in [-0.2, -0.15) is 0 Å². The third kappa shape index (κ3) is 15.6. The Bertz CT molecular complexity index is 187. The van der Waals surface area contributed by atoms with Gasteiger partial charge >= 0.3 is 23.1 Å². The Morgan fingerprint density at radius 1 is 0.941 bits per heavy atom. The summed E-state index contributed by atoms with van der Waals surface area (Å²) in [7, 11) is 0. The number of ether oxygens (including phenoxy) is 2. The van der Waals surface area contributed by atoms with Gasteiger partial charge in [0, 0.05) is 13.2 Å². The van der Waals surface area contributed by atoms with Crippen molar-refractivity contribution < 1.29 is 29.3 Å². The fourth-order valence-electron chi connectivity index (χ4n) is 0.636. The molecule has 0 rings (SSSR count). The normalized spacial score (nSPS) is 12.5. The number of hydrogen-bond donors (Lipinski definition) is 0. The summed E-state index contributed by atoms with van der Waals surface area (Å²) in [5.74, 6) is -2.32. The van der Waals surface area contributed by atoms with E-state index in [1.165, 1.54) is 13.8 Å². The molecule has 0 amide bonds. The maximum Gasteiger partial charge on any atom is 2.00 e. The molecule has 0 saturated heterocycles. The van der Waals surface area contributed by atoms with Gasteiger partial charge in [-0.1, -0.05) is 0 Å².